The van der Waals surface area contributed by atoms with Crippen molar-refractivity contribution in [3.05, 3.63) is 67.7 Å². The molecule has 0 bridgehead atoms. The largest absolute Gasteiger partial charge is 0.454 e. The van der Waals surface area contributed by atoms with Crippen LogP contribution in [0, 0.1) is 6.92 Å². The fourth-order valence-corrected chi connectivity index (χ4v) is 4.49. The van der Waals surface area contributed by atoms with Crippen LogP contribution in [0.2, 0.25) is 10.0 Å². The van der Waals surface area contributed by atoms with E-state index >= 15 is 0 Å². The molecule has 1 saturated heterocycles. The summed E-state index contributed by atoms with van der Waals surface area (Å²) in [5.74, 6) is 1.63. The summed E-state index contributed by atoms with van der Waals surface area (Å²) in [7, 11) is 0. The molecule has 0 spiro atoms. The normalized spacial score (nSPS) is 16.9. The van der Waals surface area contributed by atoms with Gasteiger partial charge in [-0.05, 0) is 30.2 Å². The maximum Gasteiger partial charge on any atom is 0.258 e. The number of hydrogen-bond donors (Lipinski definition) is 0. The maximum absolute atomic E-state index is 12.6. The summed E-state index contributed by atoms with van der Waals surface area (Å²) in [4.78, 5) is 21.9. The zero-order valence-electron chi connectivity index (χ0n) is 17.1. The second-order valence-electron chi connectivity index (χ2n) is 7.94. The van der Waals surface area contributed by atoms with Gasteiger partial charge in [0, 0.05) is 51.5 Å². The molecule has 4 heterocycles. The Balaban J connectivity index is 1.24. The Morgan fingerprint density at radius 2 is 1.71 bits per heavy atom. The second kappa shape index (κ2) is 8.31. The second-order valence-corrected chi connectivity index (χ2v) is 8.72. The molecule has 0 atom stereocenters. The molecule has 2 aliphatic heterocycles. The Bertz CT molecular complexity index is 1210. The number of rotatable bonds is 4. The van der Waals surface area contributed by atoms with E-state index in [1.807, 2.05) is 13.0 Å². The molecule has 0 N–H and O–H groups in total. The summed E-state index contributed by atoms with van der Waals surface area (Å²) in [5.41, 5.74) is 2.94. The van der Waals surface area contributed by atoms with E-state index in [0.717, 1.165) is 55.5 Å². The number of piperazine rings is 1. The lowest BCUT2D eigenvalue weighted by molar-refractivity contribution is 0.121. The Hall–Kier alpha value is -2.32. The molecule has 1 fully saturated rings. The first-order valence-corrected chi connectivity index (χ1v) is 10.9. The van der Waals surface area contributed by atoms with E-state index in [4.69, 9.17) is 32.7 Å². The average molecular weight is 461 g/mol. The highest BCUT2D eigenvalue weighted by molar-refractivity contribution is 6.37. The number of nitrogens with zero attached hydrogens (tertiary/aromatic N) is 4. The lowest BCUT2D eigenvalue weighted by Gasteiger charge is -2.34. The van der Waals surface area contributed by atoms with Crippen LogP contribution in [-0.2, 0) is 13.1 Å². The molecule has 2 aliphatic rings. The Morgan fingerprint density at radius 3 is 2.48 bits per heavy atom. The molecule has 0 amide bonds. The number of ether oxygens (including phenoxy) is 2. The lowest BCUT2D eigenvalue weighted by atomic mass is 10.1. The minimum atomic E-state index is -0.176. The van der Waals surface area contributed by atoms with Crippen LogP contribution in [0.1, 0.15) is 16.8 Å². The van der Waals surface area contributed by atoms with Crippen LogP contribution in [0.5, 0.6) is 11.5 Å². The fraction of sp³-hybridized carbons (Fsp3) is 0.364. The SMILES string of the molecule is Cc1c(Cl)cn2c(=O)cc(CN3CCN(Cc4ccc5c(c4)OCO5)CC3)nc2c1Cl. The van der Waals surface area contributed by atoms with Crippen LogP contribution in [0.25, 0.3) is 5.65 Å². The van der Waals surface area contributed by atoms with E-state index in [2.05, 4.69) is 26.9 Å². The molecular formula is C22H22Cl2N4O3. The van der Waals surface area contributed by atoms with Gasteiger partial charge in [-0.2, -0.15) is 0 Å². The van der Waals surface area contributed by atoms with Gasteiger partial charge < -0.3 is 9.47 Å². The van der Waals surface area contributed by atoms with Gasteiger partial charge in [0.1, 0.15) is 0 Å². The molecule has 2 aromatic heterocycles. The number of benzene rings is 1. The van der Waals surface area contributed by atoms with Crippen LogP contribution < -0.4 is 15.0 Å². The molecule has 0 aliphatic carbocycles. The van der Waals surface area contributed by atoms with E-state index in [9.17, 15) is 4.79 Å². The standard InChI is InChI=1S/C22H22Cl2N4O3/c1-14-17(23)12-28-20(29)9-16(25-22(28)21(14)24)11-27-6-4-26(5-7-27)10-15-2-3-18-19(8-15)31-13-30-18/h2-3,8-9,12H,4-7,10-11,13H2,1H3. The van der Waals surface area contributed by atoms with Gasteiger partial charge in [-0.3, -0.25) is 19.0 Å². The Morgan fingerprint density at radius 1 is 1.00 bits per heavy atom. The van der Waals surface area contributed by atoms with Crippen LogP contribution in [-0.4, -0.2) is 52.2 Å². The summed E-state index contributed by atoms with van der Waals surface area (Å²) >= 11 is 12.6. The highest BCUT2D eigenvalue weighted by atomic mass is 35.5. The van der Waals surface area contributed by atoms with Crippen LogP contribution in [0.3, 0.4) is 0 Å². The quantitative estimate of drug-likeness (QED) is 0.594. The molecule has 0 unspecified atom stereocenters. The number of halogens is 2. The molecule has 5 rings (SSSR count). The summed E-state index contributed by atoms with van der Waals surface area (Å²) in [6, 6.07) is 7.68. The van der Waals surface area contributed by atoms with E-state index in [1.165, 1.54) is 9.96 Å². The number of fused-ring (bicyclic) bond motifs is 2. The Labute approximate surface area is 189 Å². The third-order valence-electron chi connectivity index (χ3n) is 5.83. The van der Waals surface area contributed by atoms with Crippen molar-refractivity contribution in [2.75, 3.05) is 33.0 Å². The fourth-order valence-electron chi connectivity index (χ4n) is 4.01. The van der Waals surface area contributed by atoms with Gasteiger partial charge in [-0.25, -0.2) is 4.98 Å². The molecule has 31 heavy (non-hydrogen) atoms. The van der Waals surface area contributed by atoms with Crippen LogP contribution in [0.15, 0.2) is 35.3 Å². The highest BCUT2D eigenvalue weighted by Gasteiger charge is 2.20. The molecule has 0 saturated carbocycles. The topological polar surface area (TPSA) is 59.3 Å². The summed E-state index contributed by atoms with van der Waals surface area (Å²) in [5, 5.41) is 0.868. The van der Waals surface area contributed by atoms with Gasteiger partial charge >= 0.3 is 0 Å². The monoisotopic (exact) mass is 460 g/mol. The molecule has 0 radical (unpaired) electrons. The molecule has 9 heteroatoms. The molecule has 7 nitrogen and oxygen atoms in total. The van der Waals surface area contributed by atoms with E-state index < -0.39 is 0 Å². The smallest absolute Gasteiger partial charge is 0.258 e. The number of hydrogen-bond acceptors (Lipinski definition) is 6. The van der Waals surface area contributed by atoms with E-state index in [0.29, 0.717) is 29.0 Å². The van der Waals surface area contributed by atoms with E-state index in [1.54, 1.807) is 12.3 Å². The minimum Gasteiger partial charge on any atom is -0.454 e. The molecular weight excluding hydrogens is 439 g/mol. The Kier molecular flexibility index (Phi) is 5.52. The van der Waals surface area contributed by atoms with Crippen molar-refractivity contribution in [3.63, 3.8) is 0 Å². The average Bonchev–Trinajstić information content (AvgIpc) is 3.22. The van der Waals surface area contributed by atoms with Gasteiger partial charge in [-0.15, -0.1) is 0 Å². The van der Waals surface area contributed by atoms with Gasteiger partial charge in [0.05, 0.1) is 15.7 Å². The first-order chi connectivity index (χ1) is 15.0. The molecule has 1 aromatic carbocycles. The number of pyridine rings is 1. The van der Waals surface area contributed by atoms with Crippen molar-refractivity contribution in [1.29, 1.82) is 0 Å². The van der Waals surface area contributed by atoms with Crippen molar-refractivity contribution in [2.45, 2.75) is 20.0 Å². The van der Waals surface area contributed by atoms with Crippen molar-refractivity contribution >= 4 is 28.8 Å². The summed E-state index contributed by atoms with van der Waals surface area (Å²) < 4.78 is 12.3. The zero-order chi connectivity index (χ0) is 21.5. The third kappa shape index (κ3) is 4.11. The minimum absolute atomic E-state index is 0.176. The van der Waals surface area contributed by atoms with Crippen molar-refractivity contribution in [1.82, 2.24) is 19.2 Å². The van der Waals surface area contributed by atoms with E-state index in [-0.39, 0.29) is 5.56 Å². The zero-order valence-corrected chi connectivity index (χ0v) is 18.6. The van der Waals surface area contributed by atoms with Gasteiger partial charge in [0.25, 0.3) is 5.56 Å². The lowest BCUT2D eigenvalue weighted by Crippen LogP contribution is -2.45. The van der Waals surface area contributed by atoms with Crippen LogP contribution in [0.4, 0.5) is 0 Å². The predicted molar refractivity (Wildman–Crippen MR) is 119 cm³/mol. The first kappa shape index (κ1) is 20.6. The van der Waals surface area contributed by atoms with Gasteiger partial charge in [0.15, 0.2) is 17.1 Å². The van der Waals surface area contributed by atoms with Crippen molar-refractivity contribution < 1.29 is 9.47 Å². The summed E-state index contributed by atoms with van der Waals surface area (Å²) in [6.45, 7) is 7.28. The molecule has 162 valence electrons. The first-order valence-electron chi connectivity index (χ1n) is 10.2. The predicted octanol–water partition coefficient (Wildman–Crippen LogP) is 3.36. The highest BCUT2D eigenvalue weighted by Crippen LogP contribution is 2.33. The third-order valence-corrected chi connectivity index (χ3v) is 6.66. The summed E-state index contributed by atoms with van der Waals surface area (Å²) in [6.07, 6.45) is 1.58. The van der Waals surface area contributed by atoms with Gasteiger partial charge in [0.2, 0.25) is 6.79 Å². The van der Waals surface area contributed by atoms with Crippen molar-refractivity contribution in [2.24, 2.45) is 0 Å². The van der Waals surface area contributed by atoms with Crippen LogP contribution >= 0.6 is 23.2 Å². The number of aromatic nitrogens is 2. The maximum atomic E-state index is 12.6. The van der Waals surface area contributed by atoms with Crippen molar-refractivity contribution in [3.8, 4) is 11.5 Å². The molecule has 3 aromatic rings. The van der Waals surface area contributed by atoms with Gasteiger partial charge in [-0.1, -0.05) is 29.3 Å².